The van der Waals surface area contributed by atoms with Gasteiger partial charge in [-0.15, -0.1) is 0 Å². The van der Waals surface area contributed by atoms with Crippen molar-refractivity contribution in [3.63, 3.8) is 0 Å². The third-order valence-electron chi connectivity index (χ3n) is 10.6. The molecule has 0 aromatic carbocycles. The van der Waals surface area contributed by atoms with Crippen molar-refractivity contribution >= 4 is 11.5 Å². The maximum atomic E-state index is 12.9. The molecule has 0 amide bonds. The van der Waals surface area contributed by atoms with Gasteiger partial charge >= 0.3 is 0 Å². The molecule has 1 N–H and O–H groups in total. The molecule has 5 rings (SSSR count). The zero-order valence-electron chi connectivity index (χ0n) is 22.8. The quantitative estimate of drug-likeness (QED) is 0.472. The molecule has 0 spiro atoms. The van der Waals surface area contributed by atoms with Crippen LogP contribution < -0.4 is 5.01 Å². The summed E-state index contributed by atoms with van der Waals surface area (Å²) in [5, 5.41) is 12.7. The number of methoxy groups -OCH3 is 1. The standard InChI is InChI=1S/C30H46N3O3/c1-28(2)13-12-25-23(11-10-21-17-29(3,35)14-15-30(21,25)20-36-4)24(28)8-5-7-22(34)19-33-27-9-6-16-31-26(27)18-32-33/h6,9,16,21,23-25,35H,5,7-8,10-15,17-20H2,1-4H3/q-1/t21-,23-,24-,25-,29+,30+/m0/s1. The van der Waals surface area contributed by atoms with Crippen molar-refractivity contribution in [3.8, 4) is 0 Å². The second-order valence-electron chi connectivity index (χ2n) is 13.3. The minimum atomic E-state index is -0.527. The Kier molecular flexibility index (Phi) is 7.25. The van der Waals surface area contributed by atoms with Gasteiger partial charge in [-0.25, -0.2) is 0 Å². The molecule has 36 heavy (non-hydrogen) atoms. The van der Waals surface area contributed by atoms with Crippen molar-refractivity contribution in [2.75, 3.05) is 25.3 Å². The molecule has 0 unspecified atom stereocenters. The van der Waals surface area contributed by atoms with Crippen molar-refractivity contribution in [1.29, 1.82) is 0 Å². The van der Waals surface area contributed by atoms with Crippen LogP contribution in [-0.4, -0.2) is 41.7 Å². The van der Waals surface area contributed by atoms with E-state index >= 15 is 0 Å². The molecule has 0 radical (unpaired) electrons. The average Bonchev–Trinajstić information content (AvgIpc) is 3.23. The van der Waals surface area contributed by atoms with Crippen LogP contribution in [0.25, 0.3) is 5.43 Å². The number of aromatic nitrogens is 1. The molecule has 6 nitrogen and oxygen atoms in total. The molecular weight excluding hydrogens is 450 g/mol. The fraction of sp³-hybridized carbons (Fsp3) is 0.800. The van der Waals surface area contributed by atoms with E-state index in [1.54, 1.807) is 6.20 Å². The number of ether oxygens (including phenoxy) is 1. The summed E-state index contributed by atoms with van der Waals surface area (Å²) in [6.07, 6.45) is 12.4. The molecule has 6 heteroatoms. The Balaban J connectivity index is 1.23. The third-order valence-corrected chi connectivity index (χ3v) is 10.6. The van der Waals surface area contributed by atoms with Crippen LogP contribution in [0.4, 0.5) is 5.69 Å². The van der Waals surface area contributed by atoms with Crippen LogP contribution in [0, 0.1) is 34.5 Å². The van der Waals surface area contributed by atoms with E-state index in [-0.39, 0.29) is 11.2 Å². The highest BCUT2D eigenvalue weighted by molar-refractivity contribution is 5.84. The van der Waals surface area contributed by atoms with Gasteiger partial charge in [0.25, 0.3) is 0 Å². The Labute approximate surface area is 217 Å². The molecule has 3 saturated carbocycles. The molecule has 1 aliphatic heterocycles. The van der Waals surface area contributed by atoms with Crippen LogP contribution in [0.2, 0.25) is 0 Å². The summed E-state index contributed by atoms with van der Waals surface area (Å²) in [6.45, 7) is 8.72. The Morgan fingerprint density at radius 3 is 2.86 bits per heavy atom. The predicted molar refractivity (Wildman–Crippen MR) is 142 cm³/mol. The summed E-state index contributed by atoms with van der Waals surface area (Å²) in [5.41, 5.74) is 6.45. The number of fused-ring (bicyclic) bond motifs is 4. The first kappa shape index (κ1) is 26.1. The Bertz CT molecular complexity index is 947. The summed E-state index contributed by atoms with van der Waals surface area (Å²) in [5.74, 6) is 2.85. The monoisotopic (exact) mass is 496 g/mol. The Morgan fingerprint density at radius 2 is 2.06 bits per heavy atom. The maximum absolute atomic E-state index is 12.9. The van der Waals surface area contributed by atoms with E-state index in [1.807, 2.05) is 31.2 Å². The summed E-state index contributed by atoms with van der Waals surface area (Å²) < 4.78 is 5.90. The van der Waals surface area contributed by atoms with Crippen LogP contribution in [-0.2, 0) is 16.1 Å². The smallest absolute Gasteiger partial charge is 0.150 e. The van der Waals surface area contributed by atoms with E-state index in [2.05, 4.69) is 24.3 Å². The number of pyridine rings is 1. The van der Waals surface area contributed by atoms with Crippen molar-refractivity contribution < 1.29 is 14.6 Å². The lowest BCUT2D eigenvalue weighted by Crippen LogP contribution is -2.58. The highest BCUT2D eigenvalue weighted by Crippen LogP contribution is 2.64. The average molecular weight is 497 g/mol. The van der Waals surface area contributed by atoms with Crippen LogP contribution >= 0.6 is 0 Å². The van der Waals surface area contributed by atoms with Gasteiger partial charge < -0.3 is 20.3 Å². The van der Waals surface area contributed by atoms with E-state index in [4.69, 9.17) is 4.74 Å². The highest BCUT2D eigenvalue weighted by Gasteiger charge is 2.59. The molecule has 3 aliphatic carbocycles. The molecule has 0 saturated heterocycles. The minimum Gasteiger partial charge on any atom is -0.563 e. The van der Waals surface area contributed by atoms with E-state index < -0.39 is 5.60 Å². The van der Waals surface area contributed by atoms with E-state index in [0.29, 0.717) is 48.6 Å². The number of carbonyl (C=O) groups excluding carboxylic acids is 1. The first-order chi connectivity index (χ1) is 17.2. The summed E-state index contributed by atoms with van der Waals surface area (Å²) >= 11 is 0. The zero-order chi connectivity index (χ0) is 25.6. The number of hydrogen-bond acceptors (Lipinski definition) is 5. The topological polar surface area (TPSA) is 76.8 Å². The van der Waals surface area contributed by atoms with Crippen LogP contribution in [0.15, 0.2) is 18.3 Å². The van der Waals surface area contributed by atoms with Gasteiger partial charge in [0, 0.05) is 31.1 Å². The van der Waals surface area contributed by atoms with Crippen molar-refractivity contribution in [3.05, 3.63) is 29.4 Å². The molecule has 3 fully saturated rings. The molecule has 4 aliphatic rings. The van der Waals surface area contributed by atoms with Crippen LogP contribution in [0.3, 0.4) is 0 Å². The summed E-state index contributed by atoms with van der Waals surface area (Å²) in [7, 11) is 1.86. The van der Waals surface area contributed by atoms with E-state index in [0.717, 1.165) is 50.1 Å². The Hall–Kier alpha value is -1.50. The predicted octanol–water partition coefficient (Wildman–Crippen LogP) is 6.08. The second-order valence-corrected chi connectivity index (χ2v) is 13.3. The van der Waals surface area contributed by atoms with Crippen molar-refractivity contribution in [1.82, 2.24) is 4.98 Å². The number of nitrogens with zero attached hydrogens (tertiary/aromatic N) is 3. The van der Waals surface area contributed by atoms with Gasteiger partial charge in [-0.2, -0.15) is 0 Å². The number of ketones is 1. The van der Waals surface area contributed by atoms with Crippen molar-refractivity contribution in [2.45, 2.75) is 97.1 Å². The number of aliphatic hydroxyl groups is 1. The lowest BCUT2D eigenvalue weighted by Gasteiger charge is -2.62. The lowest BCUT2D eigenvalue weighted by molar-refractivity contribution is -0.174. The molecule has 1 aromatic heterocycles. The van der Waals surface area contributed by atoms with Gasteiger partial charge in [0.2, 0.25) is 0 Å². The normalized spacial score (nSPS) is 37.2. The first-order valence-electron chi connectivity index (χ1n) is 14.3. The van der Waals surface area contributed by atoms with Crippen LogP contribution in [0.1, 0.15) is 90.7 Å². The molecule has 200 valence electrons. The highest BCUT2D eigenvalue weighted by atomic mass is 16.5. The van der Waals surface area contributed by atoms with E-state index in [1.165, 1.54) is 25.7 Å². The second kappa shape index (κ2) is 9.99. The molecular formula is C30H46N3O3-. The van der Waals surface area contributed by atoms with Crippen molar-refractivity contribution in [2.24, 2.45) is 34.5 Å². The Morgan fingerprint density at radius 1 is 1.22 bits per heavy atom. The number of hydrogen-bond donors (Lipinski definition) is 1. The molecule has 0 bridgehead atoms. The van der Waals surface area contributed by atoms with Gasteiger partial charge in [-0.1, -0.05) is 20.4 Å². The summed E-state index contributed by atoms with van der Waals surface area (Å²) in [4.78, 5) is 17.3. The number of Topliss-reactive ketones (excluding diaryl/α,β-unsaturated/α-hetero) is 1. The van der Waals surface area contributed by atoms with Gasteiger partial charge in [0.15, 0.2) is 5.78 Å². The number of carbonyl (C=O) groups is 1. The molecule has 1 aromatic rings. The van der Waals surface area contributed by atoms with Gasteiger partial charge in [-0.05, 0) is 111 Å². The molecule has 6 atom stereocenters. The molecule has 2 heterocycles. The zero-order valence-corrected chi connectivity index (χ0v) is 22.8. The SMILES string of the molecule is COC[C@]12CC[C@@](C)(O)C[C@@H]1CC[C@H]1[C@H](CCCC(=O)CN3[N-]Cc4ncccc43)C(C)(C)CC[C@@H]12. The third kappa shape index (κ3) is 4.86. The van der Waals surface area contributed by atoms with Gasteiger partial charge in [-0.3, -0.25) is 9.78 Å². The minimum absolute atomic E-state index is 0.211. The fourth-order valence-corrected chi connectivity index (χ4v) is 8.80. The van der Waals surface area contributed by atoms with Gasteiger partial charge in [0.05, 0.1) is 18.8 Å². The fourth-order valence-electron chi connectivity index (χ4n) is 8.80. The van der Waals surface area contributed by atoms with E-state index in [9.17, 15) is 9.90 Å². The number of anilines is 1. The maximum Gasteiger partial charge on any atom is 0.150 e. The largest absolute Gasteiger partial charge is 0.563 e. The van der Waals surface area contributed by atoms with Crippen LogP contribution in [0.5, 0.6) is 0 Å². The lowest BCUT2D eigenvalue weighted by atomic mass is 9.43. The first-order valence-corrected chi connectivity index (χ1v) is 14.3. The summed E-state index contributed by atoms with van der Waals surface area (Å²) in [6, 6.07) is 3.92. The van der Waals surface area contributed by atoms with Gasteiger partial charge in [0.1, 0.15) is 0 Å². The number of rotatable bonds is 8.